The Bertz CT molecular complexity index is 587. The minimum Gasteiger partial charge on any atom is -0.376 e. The van der Waals surface area contributed by atoms with Crippen molar-refractivity contribution in [3.63, 3.8) is 0 Å². The SMILES string of the molecule is Fc1cccc(F)c1NCc1ccccc1C(F)(F)F. The van der Waals surface area contributed by atoms with Gasteiger partial charge in [0.1, 0.15) is 17.3 Å². The first-order valence-electron chi connectivity index (χ1n) is 5.72. The van der Waals surface area contributed by atoms with Crippen molar-refractivity contribution >= 4 is 5.69 Å². The van der Waals surface area contributed by atoms with E-state index in [9.17, 15) is 22.0 Å². The molecule has 2 aromatic rings. The Labute approximate surface area is 112 Å². The van der Waals surface area contributed by atoms with Gasteiger partial charge in [-0.1, -0.05) is 24.3 Å². The van der Waals surface area contributed by atoms with Crippen molar-refractivity contribution in [2.75, 3.05) is 5.32 Å². The summed E-state index contributed by atoms with van der Waals surface area (Å²) in [7, 11) is 0. The Kier molecular flexibility index (Phi) is 3.92. The number of alkyl halides is 3. The van der Waals surface area contributed by atoms with E-state index in [1.54, 1.807) is 0 Å². The summed E-state index contributed by atoms with van der Waals surface area (Å²) in [6.07, 6.45) is -4.51. The molecule has 0 amide bonds. The maximum Gasteiger partial charge on any atom is 0.416 e. The van der Waals surface area contributed by atoms with Crippen molar-refractivity contribution in [3.8, 4) is 0 Å². The highest BCUT2D eigenvalue weighted by Crippen LogP contribution is 2.32. The summed E-state index contributed by atoms with van der Waals surface area (Å²) < 4.78 is 65.0. The molecule has 0 bridgehead atoms. The molecule has 0 radical (unpaired) electrons. The third-order valence-electron chi connectivity index (χ3n) is 2.74. The second-order valence-electron chi connectivity index (χ2n) is 4.11. The number of halogens is 5. The summed E-state index contributed by atoms with van der Waals surface area (Å²) in [6, 6.07) is 8.12. The lowest BCUT2D eigenvalue weighted by Crippen LogP contribution is -2.12. The van der Waals surface area contributed by atoms with E-state index in [2.05, 4.69) is 5.32 Å². The van der Waals surface area contributed by atoms with Crippen LogP contribution in [0.25, 0.3) is 0 Å². The van der Waals surface area contributed by atoms with E-state index in [0.717, 1.165) is 18.2 Å². The molecule has 1 nitrogen and oxygen atoms in total. The molecule has 0 fully saturated rings. The van der Waals surface area contributed by atoms with Gasteiger partial charge in [0.05, 0.1) is 5.56 Å². The van der Waals surface area contributed by atoms with Crippen molar-refractivity contribution < 1.29 is 22.0 Å². The molecule has 0 unspecified atom stereocenters. The van der Waals surface area contributed by atoms with Gasteiger partial charge < -0.3 is 5.32 Å². The lowest BCUT2D eigenvalue weighted by atomic mass is 10.1. The number of anilines is 1. The van der Waals surface area contributed by atoms with Gasteiger partial charge in [-0.05, 0) is 23.8 Å². The Hall–Kier alpha value is -2.11. The summed E-state index contributed by atoms with van der Waals surface area (Å²) in [6.45, 7) is -0.326. The molecule has 2 aromatic carbocycles. The van der Waals surface area contributed by atoms with Crippen LogP contribution in [0.4, 0.5) is 27.6 Å². The van der Waals surface area contributed by atoms with Gasteiger partial charge in [-0.2, -0.15) is 13.2 Å². The molecule has 0 aliphatic heterocycles. The lowest BCUT2D eigenvalue weighted by Gasteiger charge is -2.14. The number of benzene rings is 2. The molecule has 6 heteroatoms. The summed E-state index contributed by atoms with van der Waals surface area (Å²) in [4.78, 5) is 0. The van der Waals surface area contributed by atoms with Gasteiger partial charge in [0.25, 0.3) is 0 Å². The first-order chi connectivity index (χ1) is 9.39. The quantitative estimate of drug-likeness (QED) is 0.814. The monoisotopic (exact) mass is 287 g/mol. The highest BCUT2D eigenvalue weighted by molar-refractivity contribution is 5.47. The van der Waals surface area contributed by atoms with E-state index in [4.69, 9.17) is 0 Å². The zero-order chi connectivity index (χ0) is 14.8. The van der Waals surface area contributed by atoms with Gasteiger partial charge in [0.15, 0.2) is 0 Å². The zero-order valence-corrected chi connectivity index (χ0v) is 10.1. The fourth-order valence-corrected chi connectivity index (χ4v) is 1.80. The number of nitrogens with one attached hydrogen (secondary N) is 1. The average Bonchev–Trinajstić information content (AvgIpc) is 2.37. The summed E-state index contributed by atoms with van der Waals surface area (Å²) >= 11 is 0. The Morgan fingerprint density at radius 1 is 0.850 bits per heavy atom. The predicted octanol–water partition coefficient (Wildman–Crippen LogP) is 4.60. The molecule has 20 heavy (non-hydrogen) atoms. The summed E-state index contributed by atoms with van der Waals surface area (Å²) in [5.41, 5.74) is -1.35. The summed E-state index contributed by atoms with van der Waals surface area (Å²) in [5, 5.41) is 2.36. The largest absolute Gasteiger partial charge is 0.416 e. The van der Waals surface area contributed by atoms with Crippen molar-refractivity contribution in [2.45, 2.75) is 12.7 Å². The molecule has 0 saturated heterocycles. The molecule has 0 atom stereocenters. The van der Waals surface area contributed by atoms with Gasteiger partial charge in [-0.3, -0.25) is 0 Å². The van der Waals surface area contributed by atoms with E-state index in [1.165, 1.54) is 24.3 Å². The van der Waals surface area contributed by atoms with Crippen molar-refractivity contribution in [2.24, 2.45) is 0 Å². The number of para-hydroxylation sites is 1. The topological polar surface area (TPSA) is 12.0 Å². The Balaban J connectivity index is 2.24. The highest BCUT2D eigenvalue weighted by atomic mass is 19.4. The van der Waals surface area contributed by atoms with E-state index < -0.39 is 29.1 Å². The van der Waals surface area contributed by atoms with Crippen LogP contribution in [0.15, 0.2) is 42.5 Å². The first kappa shape index (κ1) is 14.3. The Morgan fingerprint density at radius 2 is 1.45 bits per heavy atom. The third-order valence-corrected chi connectivity index (χ3v) is 2.74. The molecule has 0 heterocycles. The Morgan fingerprint density at radius 3 is 2.05 bits per heavy atom. The molecule has 0 aliphatic rings. The molecule has 0 aliphatic carbocycles. The number of hydrogen-bond donors (Lipinski definition) is 1. The molecule has 0 aromatic heterocycles. The van der Waals surface area contributed by atoms with Gasteiger partial charge in [0.2, 0.25) is 0 Å². The van der Waals surface area contributed by atoms with Gasteiger partial charge in [-0.15, -0.1) is 0 Å². The van der Waals surface area contributed by atoms with Crippen molar-refractivity contribution in [3.05, 3.63) is 65.2 Å². The van der Waals surface area contributed by atoms with Crippen LogP contribution in [0.1, 0.15) is 11.1 Å². The van der Waals surface area contributed by atoms with Gasteiger partial charge in [-0.25, -0.2) is 8.78 Å². The van der Waals surface area contributed by atoms with E-state index >= 15 is 0 Å². The van der Waals surface area contributed by atoms with Crippen LogP contribution in [0.2, 0.25) is 0 Å². The maximum atomic E-state index is 13.4. The molecule has 106 valence electrons. The minimum absolute atomic E-state index is 0.0809. The second-order valence-corrected chi connectivity index (χ2v) is 4.11. The minimum atomic E-state index is -4.51. The first-order valence-corrected chi connectivity index (χ1v) is 5.72. The van der Waals surface area contributed by atoms with Crippen LogP contribution >= 0.6 is 0 Å². The molecular formula is C14H10F5N. The zero-order valence-electron chi connectivity index (χ0n) is 10.1. The lowest BCUT2D eigenvalue weighted by molar-refractivity contribution is -0.138. The maximum absolute atomic E-state index is 13.4. The molecular weight excluding hydrogens is 277 g/mol. The van der Waals surface area contributed by atoms with Crippen LogP contribution in [-0.2, 0) is 12.7 Å². The number of hydrogen-bond acceptors (Lipinski definition) is 1. The van der Waals surface area contributed by atoms with Crippen LogP contribution < -0.4 is 5.32 Å². The predicted molar refractivity (Wildman–Crippen MR) is 65.1 cm³/mol. The van der Waals surface area contributed by atoms with Crippen LogP contribution in [0.3, 0.4) is 0 Å². The second kappa shape index (κ2) is 5.48. The molecule has 0 saturated carbocycles. The van der Waals surface area contributed by atoms with E-state index in [1.807, 2.05) is 0 Å². The van der Waals surface area contributed by atoms with E-state index in [-0.39, 0.29) is 12.1 Å². The number of rotatable bonds is 3. The summed E-state index contributed by atoms with van der Waals surface area (Å²) in [5.74, 6) is -1.70. The standard InChI is InChI=1S/C14H10F5N/c15-11-6-3-7-12(16)13(11)20-8-9-4-1-2-5-10(9)14(17,18)19/h1-7,20H,8H2. The average molecular weight is 287 g/mol. The highest BCUT2D eigenvalue weighted by Gasteiger charge is 2.32. The molecule has 0 spiro atoms. The van der Waals surface area contributed by atoms with Crippen LogP contribution in [0, 0.1) is 11.6 Å². The van der Waals surface area contributed by atoms with Gasteiger partial charge >= 0.3 is 6.18 Å². The van der Waals surface area contributed by atoms with Crippen molar-refractivity contribution in [1.82, 2.24) is 0 Å². The van der Waals surface area contributed by atoms with Crippen LogP contribution in [0.5, 0.6) is 0 Å². The van der Waals surface area contributed by atoms with E-state index in [0.29, 0.717) is 0 Å². The molecule has 2 rings (SSSR count). The smallest absolute Gasteiger partial charge is 0.376 e. The normalized spacial score (nSPS) is 11.4. The fraction of sp³-hybridized carbons (Fsp3) is 0.143. The van der Waals surface area contributed by atoms with Crippen LogP contribution in [-0.4, -0.2) is 0 Å². The van der Waals surface area contributed by atoms with Gasteiger partial charge in [0, 0.05) is 6.54 Å². The molecule has 1 N–H and O–H groups in total. The third kappa shape index (κ3) is 3.07. The van der Waals surface area contributed by atoms with Crippen molar-refractivity contribution in [1.29, 1.82) is 0 Å². The fourth-order valence-electron chi connectivity index (χ4n) is 1.80.